The Morgan fingerprint density at radius 1 is 1.25 bits per heavy atom. The van der Waals surface area contributed by atoms with Gasteiger partial charge in [-0.15, -0.1) is 0 Å². The number of hydrogen-bond acceptors (Lipinski definition) is 2. The molecule has 2 rings (SSSR count). The number of benzene rings is 1. The van der Waals surface area contributed by atoms with Crippen LogP contribution >= 0.6 is 11.6 Å². The molecule has 1 saturated heterocycles. The number of piperidine rings is 1. The van der Waals surface area contributed by atoms with E-state index in [9.17, 15) is 0 Å². The first-order valence-electron chi connectivity index (χ1n) is 6.01. The first kappa shape index (κ1) is 11.9. The van der Waals surface area contributed by atoms with Gasteiger partial charge in [0.25, 0.3) is 0 Å². The zero-order valence-corrected chi connectivity index (χ0v) is 10.3. The Morgan fingerprint density at radius 3 is 2.62 bits per heavy atom. The van der Waals surface area contributed by atoms with Crippen LogP contribution in [-0.4, -0.2) is 24.5 Å². The molecule has 0 saturated carbocycles. The standard InChI is InChI=1S/C13H19ClN2/c14-12-6-4-5-11(9-12)13(10-15)16-7-2-1-3-8-16/h4-6,9,13H,1-3,7-8,10,15H2/t13-/m1/s1. The molecule has 1 fully saturated rings. The number of nitrogens with two attached hydrogens (primary N) is 1. The smallest absolute Gasteiger partial charge is 0.0470 e. The van der Waals surface area contributed by atoms with Crippen LogP contribution in [0.3, 0.4) is 0 Å². The molecule has 2 N–H and O–H groups in total. The summed E-state index contributed by atoms with van der Waals surface area (Å²) >= 11 is 6.03. The molecular weight excluding hydrogens is 220 g/mol. The molecule has 1 heterocycles. The average molecular weight is 239 g/mol. The molecule has 0 amide bonds. The number of hydrogen-bond donors (Lipinski definition) is 1. The van der Waals surface area contributed by atoms with Crippen LogP contribution in [0.1, 0.15) is 30.9 Å². The fourth-order valence-corrected chi connectivity index (χ4v) is 2.64. The van der Waals surface area contributed by atoms with Crippen molar-refractivity contribution >= 4 is 11.6 Å². The molecule has 0 aromatic heterocycles. The lowest BCUT2D eigenvalue weighted by molar-refractivity contribution is 0.167. The largest absolute Gasteiger partial charge is 0.329 e. The molecule has 1 aromatic rings. The van der Waals surface area contributed by atoms with Gasteiger partial charge in [-0.2, -0.15) is 0 Å². The predicted molar refractivity (Wildman–Crippen MR) is 68.7 cm³/mol. The van der Waals surface area contributed by atoms with Gasteiger partial charge in [0.05, 0.1) is 0 Å². The molecule has 1 aliphatic rings. The summed E-state index contributed by atoms with van der Waals surface area (Å²) in [4.78, 5) is 2.48. The first-order chi connectivity index (χ1) is 7.81. The highest BCUT2D eigenvalue weighted by Crippen LogP contribution is 2.25. The zero-order valence-electron chi connectivity index (χ0n) is 9.53. The summed E-state index contributed by atoms with van der Waals surface area (Å²) in [6.45, 7) is 2.99. The molecule has 1 atom stereocenters. The van der Waals surface area contributed by atoms with Crippen LogP contribution in [0.4, 0.5) is 0 Å². The van der Waals surface area contributed by atoms with Crippen molar-refractivity contribution in [3.63, 3.8) is 0 Å². The number of rotatable bonds is 3. The Balaban J connectivity index is 2.14. The summed E-state index contributed by atoms with van der Waals surface area (Å²) in [6, 6.07) is 8.41. The van der Waals surface area contributed by atoms with E-state index >= 15 is 0 Å². The molecule has 16 heavy (non-hydrogen) atoms. The molecule has 0 bridgehead atoms. The van der Waals surface area contributed by atoms with Crippen molar-refractivity contribution in [3.8, 4) is 0 Å². The van der Waals surface area contributed by atoms with Crippen molar-refractivity contribution in [1.29, 1.82) is 0 Å². The molecule has 2 nitrogen and oxygen atoms in total. The maximum atomic E-state index is 6.03. The third-order valence-electron chi connectivity index (χ3n) is 3.29. The van der Waals surface area contributed by atoms with Crippen LogP contribution in [0.5, 0.6) is 0 Å². The van der Waals surface area contributed by atoms with Gasteiger partial charge < -0.3 is 5.73 Å². The second-order valence-electron chi connectivity index (χ2n) is 4.40. The van der Waals surface area contributed by atoms with Gasteiger partial charge in [-0.25, -0.2) is 0 Å². The molecule has 0 spiro atoms. The van der Waals surface area contributed by atoms with E-state index in [0.717, 1.165) is 18.1 Å². The summed E-state index contributed by atoms with van der Waals surface area (Å²) in [5, 5.41) is 0.799. The number of likely N-dealkylation sites (tertiary alicyclic amines) is 1. The predicted octanol–water partition coefficient (Wildman–Crippen LogP) is 2.83. The lowest BCUT2D eigenvalue weighted by atomic mass is 10.0. The van der Waals surface area contributed by atoms with Crippen molar-refractivity contribution in [2.45, 2.75) is 25.3 Å². The van der Waals surface area contributed by atoms with Crippen LogP contribution in [0.15, 0.2) is 24.3 Å². The highest BCUT2D eigenvalue weighted by atomic mass is 35.5. The fourth-order valence-electron chi connectivity index (χ4n) is 2.44. The Bertz CT molecular complexity index is 334. The third-order valence-corrected chi connectivity index (χ3v) is 3.52. The number of nitrogens with zero attached hydrogens (tertiary/aromatic N) is 1. The van der Waals surface area contributed by atoms with Crippen LogP contribution < -0.4 is 5.73 Å². The Hall–Kier alpha value is -0.570. The van der Waals surface area contributed by atoms with E-state index in [1.807, 2.05) is 18.2 Å². The maximum absolute atomic E-state index is 6.03. The van der Waals surface area contributed by atoms with E-state index in [1.165, 1.54) is 24.8 Å². The molecule has 0 unspecified atom stereocenters. The van der Waals surface area contributed by atoms with Crippen LogP contribution in [0, 0.1) is 0 Å². The second kappa shape index (κ2) is 5.67. The normalized spacial score (nSPS) is 19.6. The number of halogens is 1. The van der Waals surface area contributed by atoms with Crippen molar-refractivity contribution < 1.29 is 0 Å². The third kappa shape index (κ3) is 2.76. The van der Waals surface area contributed by atoms with Gasteiger partial charge in [0.1, 0.15) is 0 Å². The quantitative estimate of drug-likeness (QED) is 0.878. The summed E-state index contributed by atoms with van der Waals surface area (Å²) < 4.78 is 0. The maximum Gasteiger partial charge on any atom is 0.0470 e. The van der Waals surface area contributed by atoms with Crippen molar-refractivity contribution in [1.82, 2.24) is 4.90 Å². The van der Waals surface area contributed by atoms with Gasteiger partial charge in [0.15, 0.2) is 0 Å². The minimum absolute atomic E-state index is 0.332. The lowest BCUT2D eigenvalue weighted by Gasteiger charge is -2.34. The molecule has 0 radical (unpaired) electrons. The first-order valence-corrected chi connectivity index (χ1v) is 6.38. The molecule has 1 aliphatic heterocycles. The molecule has 88 valence electrons. The van der Waals surface area contributed by atoms with E-state index < -0.39 is 0 Å². The van der Waals surface area contributed by atoms with E-state index in [-0.39, 0.29) is 0 Å². The summed E-state index contributed by atoms with van der Waals surface area (Å²) in [6.07, 6.45) is 3.93. The molecule has 1 aromatic carbocycles. The van der Waals surface area contributed by atoms with Crippen LogP contribution in [0.2, 0.25) is 5.02 Å². The van der Waals surface area contributed by atoms with E-state index in [4.69, 9.17) is 17.3 Å². The molecular formula is C13H19ClN2. The van der Waals surface area contributed by atoms with E-state index in [0.29, 0.717) is 12.6 Å². The monoisotopic (exact) mass is 238 g/mol. The lowest BCUT2D eigenvalue weighted by Crippen LogP contribution is -2.37. The van der Waals surface area contributed by atoms with Gasteiger partial charge in [0, 0.05) is 17.6 Å². The van der Waals surface area contributed by atoms with Gasteiger partial charge in [0.2, 0.25) is 0 Å². The SMILES string of the molecule is NC[C@H](c1cccc(Cl)c1)N1CCCCC1. The van der Waals surface area contributed by atoms with Crippen LogP contribution in [0.25, 0.3) is 0 Å². The van der Waals surface area contributed by atoms with Gasteiger partial charge >= 0.3 is 0 Å². The highest BCUT2D eigenvalue weighted by molar-refractivity contribution is 6.30. The van der Waals surface area contributed by atoms with Crippen molar-refractivity contribution in [2.24, 2.45) is 5.73 Å². The Kier molecular flexibility index (Phi) is 4.22. The minimum Gasteiger partial charge on any atom is -0.329 e. The summed E-state index contributed by atoms with van der Waals surface area (Å²) in [5.74, 6) is 0. The van der Waals surface area contributed by atoms with Crippen molar-refractivity contribution in [2.75, 3.05) is 19.6 Å². The topological polar surface area (TPSA) is 29.3 Å². The Labute approximate surface area is 102 Å². The molecule has 3 heteroatoms. The van der Waals surface area contributed by atoms with E-state index in [1.54, 1.807) is 0 Å². The summed E-state index contributed by atoms with van der Waals surface area (Å²) in [5.41, 5.74) is 7.15. The fraction of sp³-hybridized carbons (Fsp3) is 0.538. The zero-order chi connectivity index (χ0) is 11.4. The highest BCUT2D eigenvalue weighted by Gasteiger charge is 2.20. The van der Waals surface area contributed by atoms with Gasteiger partial charge in [-0.1, -0.05) is 30.2 Å². The summed E-state index contributed by atoms with van der Waals surface area (Å²) in [7, 11) is 0. The van der Waals surface area contributed by atoms with Crippen molar-refractivity contribution in [3.05, 3.63) is 34.9 Å². The average Bonchev–Trinajstić information content (AvgIpc) is 2.31. The Morgan fingerprint density at radius 2 is 2.00 bits per heavy atom. The molecule has 0 aliphatic carbocycles. The van der Waals surface area contributed by atoms with E-state index in [2.05, 4.69) is 11.0 Å². The second-order valence-corrected chi connectivity index (χ2v) is 4.84. The van der Waals surface area contributed by atoms with Gasteiger partial charge in [-0.3, -0.25) is 4.90 Å². The van der Waals surface area contributed by atoms with Crippen LogP contribution in [-0.2, 0) is 0 Å². The van der Waals surface area contributed by atoms with Gasteiger partial charge in [-0.05, 0) is 43.6 Å². The minimum atomic E-state index is 0.332.